The molecule has 96 valence electrons. The summed E-state index contributed by atoms with van der Waals surface area (Å²) in [6, 6.07) is 6.50. The fourth-order valence-electron chi connectivity index (χ4n) is 1.49. The third kappa shape index (κ3) is 4.41. The summed E-state index contributed by atoms with van der Waals surface area (Å²) in [5.74, 6) is 0. The second-order valence-corrected chi connectivity index (χ2v) is 6.25. The van der Waals surface area contributed by atoms with Crippen LogP contribution in [0.2, 0.25) is 0 Å². The molecule has 0 saturated heterocycles. The normalized spacial score (nSPS) is 12.2. The minimum Gasteiger partial charge on any atom is -0.311 e. The highest BCUT2D eigenvalue weighted by atomic mass is 79.9. The number of hydrogen-bond donors (Lipinski definition) is 1. The number of benzene rings is 1. The molecule has 0 aliphatic heterocycles. The van der Waals surface area contributed by atoms with Gasteiger partial charge in [-0.2, -0.15) is 0 Å². The van der Waals surface area contributed by atoms with Crippen molar-refractivity contribution in [3.63, 3.8) is 0 Å². The van der Waals surface area contributed by atoms with E-state index < -0.39 is 0 Å². The van der Waals surface area contributed by atoms with Crippen molar-refractivity contribution in [3.8, 4) is 0 Å². The molecule has 0 unspecified atom stereocenters. The quantitative estimate of drug-likeness (QED) is 0.898. The Morgan fingerprint density at radius 1 is 1.29 bits per heavy atom. The highest BCUT2D eigenvalue weighted by molar-refractivity contribution is 9.10. The van der Waals surface area contributed by atoms with Crippen molar-refractivity contribution < 1.29 is 0 Å². The monoisotopic (exact) mass is 298 g/mol. The number of halogens is 1. The average molecular weight is 299 g/mol. The van der Waals surface area contributed by atoms with E-state index in [1.54, 1.807) is 0 Å². The molecular formula is C14H23BrN2. The van der Waals surface area contributed by atoms with E-state index in [4.69, 9.17) is 0 Å². The zero-order chi connectivity index (χ0) is 13.1. The van der Waals surface area contributed by atoms with Crippen LogP contribution in [0.4, 0.5) is 0 Å². The van der Waals surface area contributed by atoms with Gasteiger partial charge in [0.2, 0.25) is 0 Å². The lowest BCUT2D eigenvalue weighted by molar-refractivity contribution is 0.190. The molecule has 0 amide bonds. The van der Waals surface area contributed by atoms with E-state index in [0.29, 0.717) is 0 Å². The number of hydrogen-bond acceptors (Lipinski definition) is 2. The van der Waals surface area contributed by atoms with E-state index >= 15 is 0 Å². The largest absolute Gasteiger partial charge is 0.311 e. The van der Waals surface area contributed by atoms with Gasteiger partial charge in [-0.3, -0.25) is 0 Å². The van der Waals surface area contributed by atoms with Gasteiger partial charge in [0.05, 0.1) is 0 Å². The molecule has 1 rings (SSSR count). The predicted octanol–water partition coefficient (Wildman–Crippen LogP) is 3.19. The summed E-state index contributed by atoms with van der Waals surface area (Å²) >= 11 is 3.52. The van der Waals surface area contributed by atoms with Crippen LogP contribution >= 0.6 is 15.9 Å². The Hall–Kier alpha value is -0.380. The Labute approximate surface area is 114 Å². The molecule has 0 fully saturated rings. The smallest absolute Gasteiger partial charge is 0.0271 e. The van der Waals surface area contributed by atoms with Crippen LogP contribution in [-0.2, 0) is 6.54 Å². The van der Waals surface area contributed by atoms with E-state index in [-0.39, 0.29) is 5.54 Å². The first-order chi connectivity index (χ1) is 7.83. The zero-order valence-electron chi connectivity index (χ0n) is 11.5. The summed E-state index contributed by atoms with van der Waals surface area (Å²) in [4.78, 5) is 2.24. The van der Waals surface area contributed by atoms with Gasteiger partial charge < -0.3 is 10.2 Å². The molecule has 0 aliphatic rings. The van der Waals surface area contributed by atoms with Gasteiger partial charge >= 0.3 is 0 Å². The lowest BCUT2D eigenvalue weighted by Gasteiger charge is -2.32. The van der Waals surface area contributed by atoms with Crippen molar-refractivity contribution in [1.29, 1.82) is 0 Å². The first-order valence-electron chi connectivity index (χ1n) is 5.96. The van der Waals surface area contributed by atoms with Gasteiger partial charge in [-0.1, -0.05) is 28.1 Å². The van der Waals surface area contributed by atoms with Crippen molar-refractivity contribution >= 4 is 15.9 Å². The molecule has 0 aromatic heterocycles. The van der Waals surface area contributed by atoms with Gasteiger partial charge in [-0.15, -0.1) is 0 Å². The van der Waals surface area contributed by atoms with E-state index in [2.05, 4.69) is 79.2 Å². The number of nitrogens with zero attached hydrogens (tertiary/aromatic N) is 1. The maximum atomic E-state index is 3.52. The van der Waals surface area contributed by atoms with Gasteiger partial charge in [0.15, 0.2) is 0 Å². The summed E-state index contributed by atoms with van der Waals surface area (Å²) < 4.78 is 1.18. The molecule has 0 aliphatic carbocycles. The molecule has 0 spiro atoms. The SMILES string of the molecule is Cc1cc(CNCC(C)(C)N(C)C)ccc1Br. The first-order valence-corrected chi connectivity index (χ1v) is 6.75. The van der Waals surface area contributed by atoms with Crippen LogP contribution in [-0.4, -0.2) is 31.1 Å². The molecular weight excluding hydrogens is 276 g/mol. The van der Waals surface area contributed by atoms with Crippen molar-refractivity contribution in [2.75, 3.05) is 20.6 Å². The molecule has 0 atom stereocenters. The molecule has 1 aromatic carbocycles. The summed E-state index contributed by atoms with van der Waals surface area (Å²) in [6.45, 7) is 8.51. The van der Waals surface area contributed by atoms with Crippen LogP contribution in [0, 0.1) is 6.92 Å². The number of nitrogens with one attached hydrogen (secondary N) is 1. The van der Waals surface area contributed by atoms with Gasteiger partial charge in [0.25, 0.3) is 0 Å². The van der Waals surface area contributed by atoms with E-state index in [0.717, 1.165) is 13.1 Å². The van der Waals surface area contributed by atoms with Crippen molar-refractivity contribution in [3.05, 3.63) is 33.8 Å². The molecule has 1 N–H and O–H groups in total. The second kappa shape index (κ2) is 5.98. The Bertz CT molecular complexity index is 372. The van der Waals surface area contributed by atoms with E-state index in [9.17, 15) is 0 Å². The average Bonchev–Trinajstić information content (AvgIpc) is 2.23. The maximum Gasteiger partial charge on any atom is 0.0271 e. The number of rotatable bonds is 5. The van der Waals surface area contributed by atoms with Crippen molar-refractivity contribution in [2.45, 2.75) is 32.9 Å². The van der Waals surface area contributed by atoms with Crippen LogP contribution in [0.15, 0.2) is 22.7 Å². The van der Waals surface area contributed by atoms with E-state index in [1.165, 1.54) is 15.6 Å². The first kappa shape index (κ1) is 14.7. The van der Waals surface area contributed by atoms with Gasteiger partial charge in [0, 0.05) is 23.1 Å². The summed E-state index contributed by atoms with van der Waals surface area (Å²) in [6.07, 6.45) is 0. The van der Waals surface area contributed by atoms with Crippen LogP contribution in [0.1, 0.15) is 25.0 Å². The number of likely N-dealkylation sites (N-methyl/N-ethyl adjacent to an activating group) is 1. The molecule has 1 aromatic rings. The minimum absolute atomic E-state index is 0.185. The lowest BCUT2D eigenvalue weighted by atomic mass is 10.0. The van der Waals surface area contributed by atoms with E-state index in [1.807, 2.05) is 0 Å². The highest BCUT2D eigenvalue weighted by Gasteiger charge is 2.19. The summed E-state index contributed by atoms with van der Waals surface area (Å²) in [5.41, 5.74) is 2.81. The maximum absolute atomic E-state index is 3.52. The fraction of sp³-hybridized carbons (Fsp3) is 0.571. The van der Waals surface area contributed by atoms with Crippen LogP contribution in [0.5, 0.6) is 0 Å². The predicted molar refractivity (Wildman–Crippen MR) is 78.4 cm³/mol. The van der Waals surface area contributed by atoms with Crippen molar-refractivity contribution in [1.82, 2.24) is 10.2 Å². The molecule has 0 heterocycles. The highest BCUT2D eigenvalue weighted by Crippen LogP contribution is 2.17. The summed E-state index contributed by atoms with van der Waals surface area (Å²) in [7, 11) is 4.23. The Balaban J connectivity index is 2.49. The molecule has 0 bridgehead atoms. The molecule has 0 saturated carbocycles. The van der Waals surface area contributed by atoms with Crippen LogP contribution in [0.25, 0.3) is 0 Å². The Morgan fingerprint density at radius 2 is 1.94 bits per heavy atom. The van der Waals surface area contributed by atoms with Gasteiger partial charge in [-0.25, -0.2) is 0 Å². The lowest BCUT2D eigenvalue weighted by Crippen LogP contribution is -2.46. The fourth-order valence-corrected chi connectivity index (χ4v) is 1.73. The minimum atomic E-state index is 0.185. The Morgan fingerprint density at radius 3 is 2.47 bits per heavy atom. The molecule has 17 heavy (non-hydrogen) atoms. The molecule has 3 heteroatoms. The Kier molecular flexibility index (Phi) is 5.17. The topological polar surface area (TPSA) is 15.3 Å². The summed E-state index contributed by atoms with van der Waals surface area (Å²) in [5, 5.41) is 3.51. The second-order valence-electron chi connectivity index (χ2n) is 5.39. The third-order valence-corrected chi connectivity index (χ3v) is 4.21. The standard InChI is InChI=1S/C14H23BrN2/c1-11-8-12(6-7-13(11)15)9-16-10-14(2,3)17(4)5/h6-8,16H,9-10H2,1-5H3. The van der Waals surface area contributed by atoms with Crippen molar-refractivity contribution in [2.24, 2.45) is 0 Å². The zero-order valence-corrected chi connectivity index (χ0v) is 13.1. The number of aryl methyl sites for hydroxylation is 1. The molecule has 0 radical (unpaired) electrons. The molecule has 2 nitrogen and oxygen atoms in total. The van der Waals surface area contributed by atoms with Gasteiger partial charge in [0.1, 0.15) is 0 Å². The third-order valence-electron chi connectivity index (χ3n) is 3.32. The van der Waals surface area contributed by atoms with Crippen LogP contribution in [0.3, 0.4) is 0 Å². The van der Waals surface area contributed by atoms with Crippen LogP contribution < -0.4 is 5.32 Å². The van der Waals surface area contributed by atoms with Gasteiger partial charge in [-0.05, 0) is 52.1 Å².